The van der Waals surface area contributed by atoms with Gasteiger partial charge in [0, 0.05) is 32.4 Å². The van der Waals surface area contributed by atoms with E-state index in [1.54, 1.807) is 6.20 Å². The van der Waals surface area contributed by atoms with Gasteiger partial charge in [0.25, 0.3) is 5.91 Å². The fraction of sp³-hybridized carbons (Fsp3) is 0.333. The van der Waals surface area contributed by atoms with Crippen LogP contribution in [0.25, 0.3) is 11.1 Å². The molecule has 1 fully saturated rings. The molecular weight excluding hydrogens is 288 g/mol. The molecule has 1 atom stereocenters. The Kier molecular flexibility index (Phi) is 4.69. The molecule has 5 nitrogen and oxygen atoms in total. The summed E-state index contributed by atoms with van der Waals surface area (Å²) < 4.78 is 0. The van der Waals surface area contributed by atoms with E-state index in [1.807, 2.05) is 47.4 Å². The first-order valence-corrected chi connectivity index (χ1v) is 7.90. The normalized spacial score (nSPS) is 18.9. The summed E-state index contributed by atoms with van der Waals surface area (Å²) in [5.74, 6) is -0.0358. The minimum atomic E-state index is -0.0358. The second-order valence-corrected chi connectivity index (χ2v) is 5.95. The van der Waals surface area contributed by atoms with Crippen LogP contribution in [0.2, 0.25) is 0 Å². The summed E-state index contributed by atoms with van der Waals surface area (Å²) in [6.45, 7) is 2.82. The van der Waals surface area contributed by atoms with Crippen molar-refractivity contribution in [3.05, 3.63) is 54.4 Å². The average Bonchev–Trinajstić information content (AvgIpc) is 2.62. The minimum absolute atomic E-state index is 0.0358. The van der Waals surface area contributed by atoms with E-state index in [0.717, 1.165) is 24.2 Å². The van der Waals surface area contributed by atoms with Crippen molar-refractivity contribution in [1.29, 1.82) is 0 Å². The molecule has 2 aromatic rings. The number of piperazine rings is 1. The Morgan fingerprint density at radius 1 is 1.22 bits per heavy atom. The standard InChI is InChI=1S/C18H22N4O/c1-21-9-10-22(16(12-19)13-21)18(23)17-11-15(7-8-20-17)14-5-3-2-4-6-14/h2-8,11,16H,9-10,12-13,19H2,1H3. The molecule has 0 aliphatic carbocycles. The lowest BCUT2D eigenvalue weighted by Crippen LogP contribution is -2.56. The number of carbonyl (C=O) groups excluding carboxylic acids is 1. The van der Waals surface area contributed by atoms with E-state index in [9.17, 15) is 4.79 Å². The van der Waals surface area contributed by atoms with Crippen molar-refractivity contribution < 1.29 is 4.79 Å². The van der Waals surface area contributed by atoms with E-state index in [-0.39, 0.29) is 11.9 Å². The molecule has 23 heavy (non-hydrogen) atoms. The van der Waals surface area contributed by atoms with Crippen LogP contribution in [-0.2, 0) is 0 Å². The van der Waals surface area contributed by atoms with Gasteiger partial charge in [-0.1, -0.05) is 30.3 Å². The van der Waals surface area contributed by atoms with Crippen LogP contribution in [-0.4, -0.2) is 60.0 Å². The third-order valence-corrected chi connectivity index (χ3v) is 4.30. The lowest BCUT2D eigenvalue weighted by atomic mass is 10.1. The molecule has 1 saturated heterocycles. The largest absolute Gasteiger partial charge is 0.330 e. The van der Waals surface area contributed by atoms with E-state index >= 15 is 0 Å². The van der Waals surface area contributed by atoms with Crippen molar-refractivity contribution in [2.24, 2.45) is 5.73 Å². The molecule has 5 heteroatoms. The summed E-state index contributed by atoms with van der Waals surface area (Å²) in [6, 6.07) is 13.9. The number of carbonyl (C=O) groups is 1. The van der Waals surface area contributed by atoms with Gasteiger partial charge in [-0.05, 0) is 30.3 Å². The first-order valence-electron chi connectivity index (χ1n) is 7.90. The van der Waals surface area contributed by atoms with Crippen molar-refractivity contribution in [2.75, 3.05) is 33.2 Å². The van der Waals surface area contributed by atoms with Crippen LogP contribution < -0.4 is 5.73 Å². The number of nitrogens with two attached hydrogens (primary N) is 1. The highest BCUT2D eigenvalue weighted by atomic mass is 16.2. The summed E-state index contributed by atoms with van der Waals surface area (Å²) in [4.78, 5) is 21.2. The van der Waals surface area contributed by atoms with Gasteiger partial charge >= 0.3 is 0 Å². The predicted octanol–water partition coefficient (Wildman–Crippen LogP) is 1.46. The third-order valence-electron chi connectivity index (χ3n) is 4.30. The van der Waals surface area contributed by atoms with Gasteiger partial charge in [-0.15, -0.1) is 0 Å². The van der Waals surface area contributed by atoms with Crippen LogP contribution in [0.1, 0.15) is 10.5 Å². The summed E-state index contributed by atoms with van der Waals surface area (Å²) in [5, 5.41) is 0. The van der Waals surface area contributed by atoms with E-state index in [0.29, 0.717) is 18.8 Å². The van der Waals surface area contributed by atoms with Crippen LogP contribution >= 0.6 is 0 Å². The zero-order chi connectivity index (χ0) is 16.2. The van der Waals surface area contributed by atoms with Crippen molar-refractivity contribution in [3.8, 4) is 11.1 Å². The number of nitrogens with zero attached hydrogens (tertiary/aromatic N) is 3. The van der Waals surface area contributed by atoms with Crippen molar-refractivity contribution in [3.63, 3.8) is 0 Å². The molecule has 0 saturated carbocycles. The smallest absolute Gasteiger partial charge is 0.272 e. The SMILES string of the molecule is CN1CCN(C(=O)c2cc(-c3ccccc3)ccn2)C(CN)C1. The molecule has 1 aromatic heterocycles. The quantitative estimate of drug-likeness (QED) is 0.932. The highest BCUT2D eigenvalue weighted by Gasteiger charge is 2.29. The van der Waals surface area contributed by atoms with Gasteiger partial charge in [0.2, 0.25) is 0 Å². The first kappa shape index (κ1) is 15.6. The van der Waals surface area contributed by atoms with Gasteiger partial charge in [-0.3, -0.25) is 9.78 Å². The second-order valence-electron chi connectivity index (χ2n) is 5.95. The molecule has 0 radical (unpaired) electrons. The second kappa shape index (κ2) is 6.89. The first-order chi connectivity index (χ1) is 11.2. The van der Waals surface area contributed by atoms with E-state index in [4.69, 9.17) is 5.73 Å². The number of benzene rings is 1. The number of hydrogen-bond acceptors (Lipinski definition) is 4. The Labute approximate surface area is 136 Å². The fourth-order valence-electron chi connectivity index (χ4n) is 2.98. The average molecular weight is 310 g/mol. The highest BCUT2D eigenvalue weighted by molar-refractivity contribution is 5.93. The Balaban J connectivity index is 1.85. The van der Waals surface area contributed by atoms with Crippen LogP contribution in [0.3, 0.4) is 0 Å². The van der Waals surface area contributed by atoms with Gasteiger partial charge in [-0.2, -0.15) is 0 Å². The topological polar surface area (TPSA) is 62.5 Å². The molecule has 1 aromatic carbocycles. The number of hydrogen-bond donors (Lipinski definition) is 1. The van der Waals surface area contributed by atoms with Gasteiger partial charge in [-0.25, -0.2) is 0 Å². The number of amides is 1. The molecule has 1 unspecified atom stereocenters. The number of likely N-dealkylation sites (N-methyl/N-ethyl adjacent to an activating group) is 1. The third kappa shape index (κ3) is 3.41. The Hall–Kier alpha value is -2.24. The molecule has 1 aliphatic rings. The Bertz CT molecular complexity index is 674. The molecule has 3 rings (SSSR count). The molecule has 2 heterocycles. The molecule has 1 amide bonds. The number of aromatic nitrogens is 1. The van der Waals surface area contributed by atoms with Crippen molar-refractivity contribution >= 4 is 5.91 Å². The van der Waals surface area contributed by atoms with Gasteiger partial charge < -0.3 is 15.5 Å². The van der Waals surface area contributed by atoms with Gasteiger partial charge in [0.1, 0.15) is 5.69 Å². The molecule has 0 spiro atoms. The zero-order valence-electron chi connectivity index (χ0n) is 13.4. The minimum Gasteiger partial charge on any atom is -0.330 e. The zero-order valence-corrected chi connectivity index (χ0v) is 13.4. The maximum Gasteiger partial charge on any atom is 0.272 e. The van der Waals surface area contributed by atoms with E-state index in [1.165, 1.54) is 0 Å². The molecular formula is C18H22N4O. The predicted molar refractivity (Wildman–Crippen MR) is 91.0 cm³/mol. The lowest BCUT2D eigenvalue weighted by Gasteiger charge is -2.39. The highest BCUT2D eigenvalue weighted by Crippen LogP contribution is 2.20. The molecule has 120 valence electrons. The summed E-state index contributed by atoms with van der Waals surface area (Å²) in [6.07, 6.45) is 1.70. The van der Waals surface area contributed by atoms with Gasteiger partial charge in [0.15, 0.2) is 0 Å². The maximum atomic E-state index is 12.8. The maximum absolute atomic E-state index is 12.8. The molecule has 1 aliphatic heterocycles. The van der Waals surface area contributed by atoms with Crippen molar-refractivity contribution in [2.45, 2.75) is 6.04 Å². The summed E-state index contributed by atoms with van der Waals surface area (Å²) in [7, 11) is 2.05. The number of rotatable bonds is 3. The molecule has 0 bridgehead atoms. The lowest BCUT2D eigenvalue weighted by molar-refractivity contribution is 0.0510. The Morgan fingerprint density at radius 3 is 2.74 bits per heavy atom. The number of pyridine rings is 1. The van der Waals surface area contributed by atoms with E-state index in [2.05, 4.69) is 16.9 Å². The van der Waals surface area contributed by atoms with Crippen molar-refractivity contribution in [1.82, 2.24) is 14.8 Å². The summed E-state index contributed by atoms with van der Waals surface area (Å²) >= 11 is 0. The van der Waals surface area contributed by atoms with Crippen LogP contribution in [0.15, 0.2) is 48.7 Å². The monoisotopic (exact) mass is 310 g/mol. The Morgan fingerprint density at radius 2 is 2.00 bits per heavy atom. The summed E-state index contributed by atoms with van der Waals surface area (Å²) in [5.41, 5.74) is 8.42. The van der Waals surface area contributed by atoms with Gasteiger partial charge in [0.05, 0.1) is 6.04 Å². The van der Waals surface area contributed by atoms with Crippen LogP contribution in [0.5, 0.6) is 0 Å². The van der Waals surface area contributed by atoms with Crippen LogP contribution in [0, 0.1) is 0 Å². The van der Waals surface area contributed by atoms with Crippen LogP contribution in [0.4, 0.5) is 0 Å². The molecule has 2 N–H and O–H groups in total. The fourth-order valence-corrected chi connectivity index (χ4v) is 2.98. The van der Waals surface area contributed by atoms with E-state index < -0.39 is 0 Å².